The number of fused-ring (bicyclic) bond motifs is 1. The monoisotopic (exact) mass is 419 g/mol. The van der Waals surface area contributed by atoms with E-state index in [1.807, 2.05) is 57.2 Å². The van der Waals surface area contributed by atoms with Crippen LogP contribution in [-0.2, 0) is 6.42 Å². The van der Waals surface area contributed by atoms with E-state index in [1.165, 1.54) is 6.07 Å². The fourth-order valence-corrected chi connectivity index (χ4v) is 3.84. The van der Waals surface area contributed by atoms with Crippen LogP contribution in [0, 0.1) is 26.6 Å². The molecule has 0 amide bonds. The third-order valence-electron chi connectivity index (χ3n) is 5.29. The first kappa shape index (κ1) is 20.7. The lowest BCUT2D eigenvalue weighted by Gasteiger charge is -2.11. The molecular weight excluding hydrogens is 393 g/mol. The molecule has 6 nitrogen and oxygen atoms in total. The van der Waals surface area contributed by atoms with E-state index in [4.69, 9.17) is 4.74 Å². The number of halogens is 1. The van der Waals surface area contributed by atoms with Gasteiger partial charge in [-0.05, 0) is 56.5 Å². The molecule has 31 heavy (non-hydrogen) atoms. The lowest BCUT2D eigenvalue weighted by atomic mass is 10.0. The average molecular weight is 420 g/mol. The molecule has 160 valence electrons. The first-order valence-corrected chi connectivity index (χ1v) is 10.2. The van der Waals surface area contributed by atoms with Crippen LogP contribution in [0.25, 0.3) is 10.9 Å². The molecule has 2 aromatic carbocycles. The van der Waals surface area contributed by atoms with Crippen LogP contribution in [0.1, 0.15) is 22.6 Å². The topological polar surface area (TPSA) is 74.9 Å². The van der Waals surface area contributed by atoms with Crippen molar-refractivity contribution in [3.05, 3.63) is 70.9 Å². The molecule has 0 saturated carbocycles. The maximum atomic E-state index is 14.2. The maximum Gasteiger partial charge on any atom is 0.147 e. The van der Waals surface area contributed by atoms with Crippen molar-refractivity contribution in [1.29, 1.82) is 0 Å². The van der Waals surface area contributed by atoms with Crippen LogP contribution in [-0.4, -0.2) is 28.6 Å². The Kier molecular flexibility index (Phi) is 5.75. The second-order valence-electron chi connectivity index (χ2n) is 7.56. The van der Waals surface area contributed by atoms with Crippen molar-refractivity contribution in [2.75, 3.05) is 24.3 Å². The van der Waals surface area contributed by atoms with Crippen LogP contribution in [0.4, 0.5) is 21.7 Å². The maximum absolute atomic E-state index is 14.2. The van der Waals surface area contributed by atoms with Crippen molar-refractivity contribution in [1.82, 2.24) is 15.0 Å². The summed E-state index contributed by atoms with van der Waals surface area (Å²) in [6.07, 6.45) is 0.748. The predicted molar refractivity (Wildman–Crippen MR) is 123 cm³/mol. The van der Waals surface area contributed by atoms with Gasteiger partial charge in [-0.3, -0.25) is 0 Å². The van der Waals surface area contributed by atoms with Gasteiger partial charge in [-0.25, -0.2) is 14.4 Å². The van der Waals surface area contributed by atoms with E-state index in [9.17, 15) is 4.39 Å². The predicted octanol–water partition coefficient (Wildman–Crippen LogP) is 5.43. The molecule has 0 radical (unpaired) electrons. The highest BCUT2D eigenvalue weighted by Gasteiger charge is 2.14. The van der Waals surface area contributed by atoms with E-state index in [-0.39, 0.29) is 5.82 Å². The lowest BCUT2D eigenvalue weighted by Crippen LogP contribution is -2.09. The molecule has 4 rings (SSSR count). The number of hydrogen-bond acceptors (Lipinski definition) is 5. The summed E-state index contributed by atoms with van der Waals surface area (Å²) in [7, 11) is 1.64. The lowest BCUT2D eigenvalue weighted by molar-refractivity contribution is 0.415. The zero-order valence-corrected chi connectivity index (χ0v) is 18.1. The summed E-state index contributed by atoms with van der Waals surface area (Å²) < 4.78 is 19.5. The Morgan fingerprint density at radius 3 is 2.65 bits per heavy atom. The number of rotatable bonds is 7. The molecule has 0 spiro atoms. The minimum Gasteiger partial charge on any atom is -0.497 e. The van der Waals surface area contributed by atoms with E-state index in [0.29, 0.717) is 23.7 Å². The van der Waals surface area contributed by atoms with Crippen LogP contribution >= 0.6 is 0 Å². The number of aryl methyl sites for hydroxylation is 3. The highest BCUT2D eigenvalue weighted by atomic mass is 19.1. The Balaban J connectivity index is 1.49. The number of methoxy groups -OCH3 is 1. The van der Waals surface area contributed by atoms with Crippen LogP contribution in [0.3, 0.4) is 0 Å². The van der Waals surface area contributed by atoms with Crippen LogP contribution < -0.4 is 15.4 Å². The summed E-state index contributed by atoms with van der Waals surface area (Å²) in [5.74, 6) is 2.65. The Hall–Kier alpha value is -3.61. The summed E-state index contributed by atoms with van der Waals surface area (Å²) in [6, 6.07) is 12.9. The number of nitrogens with one attached hydrogen (secondary N) is 3. The molecule has 2 aromatic heterocycles. The molecule has 0 aliphatic rings. The number of ether oxygens (including phenoxy) is 1. The normalized spacial score (nSPS) is 11.0. The van der Waals surface area contributed by atoms with Crippen molar-refractivity contribution in [3.8, 4) is 5.75 Å². The van der Waals surface area contributed by atoms with E-state index < -0.39 is 0 Å². The van der Waals surface area contributed by atoms with Crippen molar-refractivity contribution in [2.45, 2.75) is 27.2 Å². The number of H-pyrrole nitrogens is 1. The number of anilines is 3. The molecule has 4 aromatic rings. The van der Waals surface area contributed by atoms with E-state index >= 15 is 0 Å². The second-order valence-corrected chi connectivity index (χ2v) is 7.56. The number of benzene rings is 2. The quantitative estimate of drug-likeness (QED) is 0.372. The SMILES string of the molecule is COc1cccc(Nc2cc(NCCc3c(C)[nH]c4c(F)ccc(C)c34)nc(C)n2)c1. The van der Waals surface area contributed by atoms with Crippen molar-refractivity contribution in [3.63, 3.8) is 0 Å². The second kappa shape index (κ2) is 8.63. The summed E-state index contributed by atoms with van der Waals surface area (Å²) in [6.45, 7) is 6.52. The van der Waals surface area contributed by atoms with E-state index in [2.05, 4.69) is 25.6 Å². The van der Waals surface area contributed by atoms with Gasteiger partial charge in [-0.2, -0.15) is 0 Å². The van der Waals surface area contributed by atoms with E-state index in [1.54, 1.807) is 7.11 Å². The van der Waals surface area contributed by atoms with Gasteiger partial charge in [0.05, 0.1) is 12.6 Å². The van der Waals surface area contributed by atoms with Crippen LogP contribution in [0.5, 0.6) is 5.75 Å². The first-order valence-electron chi connectivity index (χ1n) is 10.2. The summed E-state index contributed by atoms with van der Waals surface area (Å²) in [4.78, 5) is 12.2. The molecular formula is C24H26FN5O. The average Bonchev–Trinajstić information content (AvgIpc) is 3.08. The molecule has 3 N–H and O–H groups in total. The summed E-state index contributed by atoms with van der Waals surface area (Å²) in [5.41, 5.74) is 4.65. The van der Waals surface area contributed by atoms with Crippen molar-refractivity contribution >= 4 is 28.2 Å². The Labute approximate surface area is 180 Å². The molecule has 0 saturated heterocycles. The van der Waals surface area contributed by atoms with Crippen LogP contribution in [0.15, 0.2) is 42.5 Å². The van der Waals surface area contributed by atoms with Gasteiger partial charge in [-0.1, -0.05) is 12.1 Å². The van der Waals surface area contributed by atoms with Gasteiger partial charge in [0.15, 0.2) is 0 Å². The van der Waals surface area contributed by atoms with Gasteiger partial charge in [0, 0.05) is 35.4 Å². The van der Waals surface area contributed by atoms with Gasteiger partial charge in [-0.15, -0.1) is 0 Å². The molecule has 0 bridgehead atoms. The number of aromatic amines is 1. The van der Waals surface area contributed by atoms with Gasteiger partial charge >= 0.3 is 0 Å². The van der Waals surface area contributed by atoms with Gasteiger partial charge in [0.1, 0.15) is 29.0 Å². The molecule has 2 heterocycles. The van der Waals surface area contributed by atoms with Crippen molar-refractivity contribution < 1.29 is 9.13 Å². The third-order valence-corrected chi connectivity index (χ3v) is 5.29. The minimum atomic E-state index is -0.220. The Morgan fingerprint density at radius 2 is 1.84 bits per heavy atom. The molecule has 0 atom stereocenters. The molecule has 0 fully saturated rings. The molecule has 0 aliphatic carbocycles. The standard InChI is InChI=1S/C24H26FN5O/c1-14-8-9-20(25)24-23(14)19(15(2)27-24)10-11-26-21-13-22(29-16(3)28-21)30-17-6-5-7-18(12-17)31-4/h5-9,12-13,27H,10-11H2,1-4H3,(H2,26,28,29,30). The summed E-state index contributed by atoms with van der Waals surface area (Å²) >= 11 is 0. The number of hydrogen-bond donors (Lipinski definition) is 3. The fraction of sp³-hybridized carbons (Fsp3) is 0.250. The molecule has 7 heteroatoms. The number of aromatic nitrogens is 3. The highest BCUT2D eigenvalue weighted by Crippen LogP contribution is 2.28. The van der Waals surface area contributed by atoms with Gasteiger partial charge in [0.25, 0.3) is 0 Å². The van der Waals surface area contributed by atoms with Gasteiger partial charge in [0.2, 0.25) is 0 Å². The van der Waals surface area contributed by atoms with E-state index in [0.717, 1.165) is 45.9 Å². The first-order chi connectivity index (χ1) is 14.9. The highest BCUT2D eigenvalue weighted by molar-refractivity contribution is 5.88. The molecule has 0 aliphatic heterocycles. The molecule has 0 unspecified atom stereocenters. The zero-order chi connectivity index (χ0) is 22.0. The largest absolute Gasteiger partial charge is 0.497 e. The summed E-state index contributed by atoms with van der Waals surface area (Å²) in [5, 5.41) is 7.64. The number of nitrogens with zero attached hydrogens (tertiary/aromatic N) is 2. The Morgan fingerprint density at radius 1 is 1.03 bits per heavy atom. The van der Waals surface area contributed by atoms with Crippen LogP contribution in [0.2, 0.25) is 0 Å². The fourth-order valence-electron chi connectivity index (χ4n) is 3.84. The smallest absolute Gasteiger partial charge is 0.147 e. The zero-order valence-electron chi connectivity index (χ0n) is 18.1. The Bertz CT molecular complexity index is 1230. The minimum absolute atomic E-state index is 0.220. The van der Waals surface area contributed by atoms with Crippen molar-refractivity contribution in [2.24, 2.45) is 0 Å². The third kappa shape index (κ3) is 4.45. The van der Waals surface area contributed by atoms with Gasteiger partial charge < -0.3 is 20.4 Å².